The fraction of sp³-hybridized carbons (Fsp3) is 0.471. The molecule has 24 heavy (non-hydrogen) atoms. The molecule has 1 fully saturated rings. The summed E-state index contributed by atoms with van der Waals surface area (Å²) in [6, 6.07) is 5.53. The zero-order valence-electron chi connectivity index (χ0n) is 14.0. The maximum Gasteiger partial charge on any atom is 0.240 e. The molecule has 1 aliphatic heterocycles. The molecule has 3 amide bonds. The lowest BCUT2D eigenvalue weighted by Crippen LogP contribution is -2.42. The van der Waals surface area contributed by atoms with Crippen LogP contribution < -0.4 is 0 Å². The minimum atomic E-state index is -1.35. The van der Waals surface area contributed by atoms with Crippen molar-refractivity contribution >= 4 is 17.7 Å². The number of hydrogen-bond acceptors (Lipinski definition) is 4. The third kappa shape index (κ3) is 3.31. The molecule has 0 saturated carbocycles. The maximum absolute atomic E-state index is 13.7. The maximum atomic E-state index is 13.7. The molecule has 1 saturated heterocycles. The van der Waals surface area contributed by atoms with Crippen molar-refractivity contribution in [3.8, 4) is 0 Å². The van der Waals surface area contributed by atoms with Gasteiger partial charge in [-0.1, -0.05) is 12.1 Å². The highest BCUT2D eigenvalue weighted by molar-refractivity contribution is 6.10. The van der Waals surface area contributed by atoms with Crippen molar-refractivity contribution in [2.75, 3.05) is 34.4 Å². The number of likely N-dealkylation sites (N-methyl/N-ethyl adjacent to an activating group) is 2. The first kappa shape index (κ1) is 18.1. The first-order chi connectivity index (χ1) is 11.3. The molecule has 1 atom stereocenters. The zero-order chi connectivity index (χ0) is 17.9. The van der Waals surface area contributed by atoms with Crippen LogP contribution in [0, 0.1) is 5.82 Å². The van der Waals surface area contributed by atoms with Gasteiger partial charge in [-0.05, 0) is 17.7 Å². The van der Waals surface area contributed by atoms with Gasteiger partial charge in [-0.15, -0.1) is 0 Å². The van der Waals surface area contributed by atoms with Crippen LogP contribution in [0.15, 0.2) is 24.3 Å². The lowest BCUT2D eigenvalue weighted by atomic mass is 9.75. The van der Waals surface area contributed by atoms with Crippen molar-refractivity contribution in [2.24, 2.45) is 0 Å². The van der Waals surface area contributed by atoms with Gasteiger partial charge in [0.1, 0.15) is 5.82 Å². The number of imide groups is 1. The first-order valence-corrected chi connectivity index (χ1v) is 7.62. The molecule has 6 nitrogen and oxygen atoms in total. The van der Waals surface area contributed by atoms with Gasteiger partial charge < -0.3 is 9.64 Å². The van der Waals surface area contributed by atoms with Gasteiger partial charge >= 0.3 is 0 Å². The summed E-state index contributed by atoms with van der Waals surface area (Å²) in [5.41, 5.74) is -1.01. The van der Waals surface area contributed by atoms with E-state index in [2.05, 4.69) is 0 Å². The molecule has 0 spiro atoms. The van der Waals surface area contributed by atoms with Gasteiger partial charge in [-0.2, -0.15) is 0 Å². The summed E-state index contributed by atoms with van der Waals surface area (Å²) in [5, 5.41) is 0. The van der Waals surface area contributed by atoms with Crippen LogP contribution in [-0.4, -0.2) is 61.9 Å². The largest absolute Gasteiger partial charge is 0.383 e. The molecule has 7 heteroatoms. The summed E-state index contributed by atoms with van der Waals surface area (Å²) in [7, 11) is 4.51. The van der Waals surface area contributed by atoms with Crippen LogP contribution in [0.5, 0.6) is 0 Å². The number of carbonyl (C=O) groups excluding carboxylic acids is 3. The van der Waals surface area contributed by atoms with E-state index in [0.29, 0.717) is 18.7 Å². The number of halogens is 1. The predicted octanol–water partition coefficient (Wildman–Crippen LogP) is 0.947. The van der Waals surface area contributed by atoms with Crippen molar-refractivity contribution < 1.29 is 23.5 Å². The van der Waals surface area contributed by atoms with Gasteiger partial charge in [0.25, 0.3) is 0 Å². The average Bonchev–Trinajstić information content (AvgIpc) is 2.77. The smallest absolute Gasteiger partial charge is 0.240 e. The number of amides is 3. The van der Waals surface area contributed by atoms with Gasteiger partial charge in [0.05, 0.1) is 12.0 Å². The second-order valence-electron chi connectivity index (χ2n) is 6.01. The second kappa shape index (κ2) is 7.09. The van der Waals surface area contributed by atoms with E-state index >= 15 is 0 Å². The summed E-state index contributed by atoms with van der Waals surface area (Å²) in [6.45, 7) is 0.731. The SMILES string of the molecule is COCCN(C)C(=O)CC1(c2cccc(F)c2)CC(=O)N(C)C1=O. The molecular formula is C17H21FN2O4. The Hall–Kier alpha value is -2.28. The van der Waals surface area contributed by atoms with Crippen LogP contribution in [0.2, 0.25) is 0 Å². The molecule has 1 aliphatic rings. The van der Waals surface area contributed by atoms with E-state index in [1.54, 1.807) is 13.1 Å². The molecule has 2 rings (SSSR count). The van der Waals surface area contributed by atoms with E-state index in [4.69, 9.17) is 4.74 Å². The van der Waals surface area contributed by atoms with Gasteiger partial charge in [-0.3, -0.25) is 19.3 Å². The Morgan fingerprint density at radius 3 is 2.67 bits per heavy atom. The number of ether oxygens (including phenoxy) is 1. The summed E-state index contributed by atoms with van der Waals surface area (Å²) in [4.78, 5) is 39.7. The lowest BCUT2D eigenvalue weighted by molar-refractivity contribution is -0.141. The Morgan fingerprint density at radius 2 is 2.12 bits per heavy atom. The molecule has 0 radical (unpaired) electrons. The van der Waals surface area contributed by atoms with E-state index < -0.39 is 17.1 Å². The van der Waals surface area contributed by atoms with E-state index in [1.807, 2.05) is 0 Å². The van der Waals surface area contributed by atoms with Crippen molar-refractivity contribution in [1.82, 2.24) is 9.80 Å². The van der Waals surface area contributed by atoms with E-state index in [-0.39, 0.29) is 24.7 Å². The van der Waals surface area contributed by atoms with Crippen molar-refractivity contribution in [1.29, 1.82) is 0 Å². The van der Waals surface area contributed by atoms with Crippen LogP contribution in [0.4, 0.5) is 4.39 Å². The normalized spacial score (nSPS) is 20.6. The standard InChI is InChI=1S/C17H21FN2O4/c1-19(7-8-24-3)14(21)10-17(11-15(22)20(2)16(17)23)12-5-4-6-13(18)9-12/h4-6,9H,7-8,10-11H2,1-3H3. The highest BCUT2D eigenvalue weighted by Crippen LogP contribution is 2.39. The van der Waals surface area contributed by atoms with Crippen molar-refractivity contribution in [3.05, 3.63) is 35.6 Å². The average molecular weight is 336 g/mol. The lowest BCUT2D eigenvalue weighted by Gasteiger charge is -2.28. The highest BCUT2D eigenvalue weighted by Gasteiger charge is 2.52. The number of methoxy groups -OCH3 is 1. The van der Waals surface area contributed by atoms with Crippen molar-refractivity contribution in [3.63, 3.8) is 0 Å². The minimum absolute atomic E-state index is 0.143. The molecule has 0 aliphatic carbocycles. The van der Waals surface area contributed by atoms with Gasteiger partial charge in [0, 0.05) is 40.6 Å². The molecule has 1 aromatic rings. The second-order valence-corrected chi connectivity index (χ2v) is 6.01. The van der Waals surface area contributed by atoms with Crippen LogP contribution in [-0.2, 0) is 24.5 Å². The molecule has 0 bridgehead atoms. The van der Waals surface area contributed by atoms with Crippen molar-refractivity contribution in [2.45, 2.75) is 18.3 Å². The van der Waals surface area contributed by atoms with Gasteiger partial charge in [-0.25, -0.2) is 4.39 Å². The molecule has 0 N–H and O–H groups in total. The van der Waals surface area contributed by atoms with Crippen LogP contribution in [0.25, 0.3) is 0 Å². The third-order valence-electron chi connectivity index (χ3n) is 4.43. The molecule has 0 aromatic heterocycles. The van der Waals surface area contributed by atoms with Crippen LogP contribution in [0.1, 0.15) is 18.4 Å². The minimum Gasteiger partial charge on any atom is -0.383 e. The Balaban J connectivity index is 2.37. The molecule has 130 valence electrons. The molecule has 1 heterocycles. The molecule has 1 aromatic carbocycles. The topological polar surface area (TPSA) is 66.9 Å². The Labute approximate surface area is 140 Å². The Bertz CT molecular complexity index is 664. The fourth-order valence-electron chi connectivity index (χ4n) is 2.88. The van der Waals surface area contributed by atoms with E-state index in [1.165, 1.54) is 37.3 Å². The number of nitrogens with zero attached hydrogens (tertiary/aromatic N) is 2. The van der Waals surface area contributed by atoms with Gasteiger partial charge in [0.2, 0.25) is 17.7 Å². The zero-order valence-corrected chi connectivity index (χ0v) is 14.0. The Kier molecular flexibility index (Phi) is 5.33. The van der Waals surface area contributed by atoms with Crippen LogP contribution in [0.3, 0.4) is 0 Å². The number of rotatable bonds is 6. The summed E-state index contributed by atoms with van der Waals surface area (Å²) < 4.78 is 18.6. The summed E-state index contributed by atoms with van der Waals surface area (Å²) >= 11 is 0. The number of benzene rings is 1. The number of carbonyl (C=O) groups is 3. The monoisotopic (exact) mass is 336 g/mol. The summed E-state index contributed by atoms with van der Waals surface area (Å²) in [6.07, 6.45) is -0.332. The quantitative estimate of drug-likeness (QED) is 0.726. The van der Waals surface area contributed by atoms with E-state index in [0.717, 1.165) is 4.90 Å². The Morgan fingerprint density at radius 1 is 1.42 bits per heavy atom. The van der Waals surface area contributed by atoms with E-state index in [9.17, 15) is 18.8 Å². The fourth-order valence-corrected chi connectivity index (χ4v) is 2.88. The van der Waals surface area contributed by atoms with Crippen LogP contribution >= 0.6 is 0 Å². The predicted molar refractivity (Wildman–Crippen MR) is 84.6 cm³/mol. The number of likely N-dealkylation sites (tertiary alicyclic amines) is 1. The first-order valence-electron chi connectivity index (χ1n) is 7.62. The summed E-state index contributed by atoms with van der Waals surface area (Å²) in [5.74, 6) is -1.67. The highest BCUT2D eigenvalue weighted by atomic mass is 19.1. The molecular weight excluding hydrogens is 315 g/mol. The van der Waals surface area contributed by atoms with Gasteiger partial charge in [0.15, 0.2) is 0 Å². The third-order valence-corrected chi connectivity index (χ3v) is 4.43. The number of hydrogen-bond donors (Lipinski definition) is 0. The molecule has 1 unspecified atom stereocenters.